The van der Waals surface area contributed by atoms with Crippen LogP contribution in [0, 0.1) is 6.61 Å². The van der Waals surface area contributed by atoms with Gasteiger partial charge in [0.1, 0.15) is 0 Å². The van der Waals surface area contributed by atoms with E-state index in [1.54, 1.807) is 0 Å². The van der Waals surface area contributed by atoms with Crippen LogP contribution in [0.5, 0.6) is 0 Å². The summed E-state index contributed by atoms with van der Waals surface area (Å²) in [5, 5.41) is 13.3. The van der Waals surface area contributed by atoms with Gasteiger partial charge in [-0.05, 0) is 0 Å². The Kier molecular flexibility index (Phi) is 12.5. The molecule has 0 aromatic rings. The molecule has 5 nitrogen and oxygen atoms in total. The molecule has 0 atom stereocenters. The monoisotopic (exact) mass is 598 g/mol. The van der Waals surface area contributed by atoms with Crippen LogP contribution in [-0.2, 0) is 10.3 Å². The summed E-state index contributed by atoms with van der Waals surface area (Å²) < 4.78 is 241. The molecule has 0 amide bonds. The standard InChI is InChI=1S/C10H4F17O.K.H2NO3S/c11-3(12,1-2-28)4(13,14)5(15,16)6(17,18)7(19,20)8(21,22)9(23,24)10(25,26)27;;1-5(2,3)4/h2,28H,1H2;;(H2-,1,2,3,4)/q-1;+1;-1. The number of aliphatic hydroxyl groups is 1. The van der Waals surface area contributed by atoms with Gasteiger partial charge in [-0.1, -0.05) is 6.42 Å². The number of aliphatic hydroxyl groups excluding tert-OH is 1. The minimum absolute atomic E-state index is 0. The molecule has 3 N–H and O–H groups in total. The summed E-state index contributed by atoms with van der Waals surface area (Å²) in [6.45, 7) is -1.06. The molecule has 202 valence electrons. The normalized spacial score (nSPS) is 15.3. The van der Waals surface area contributed by atoms with E-state index in [4.69, 9.17) is 23.2 Å². The quantitative estimate of drug-likeness (QED) is 0.195. The molecule has 0 aliphatic heterocycles. The van der Waals surface area contributed by atoms with Crippen LogP contribution in [0.1, 0.15) is 6.42 Å². The number of hydrogen-bond donors (Lipinski definition) is 2. The van der Waals surface area contributed by atoms with E-state index in [0.717, 1.165) is 0 Å². The van der Waals surface area contributed by atoms with Crippen LogP contribution >= 0.6 is 0 Å². The van der Waals surface area contributed by atoms with E-state index >= 15 is 0 Å². The molecule has 0 aliphatic rings. The summed E-state index contributed by atoms with van der Waals surface area (Å²) in [7, 11) is -4.42. The third-order valence-electron chi connectivity index (χ3n) is 3.13. The van der Waals surface area contributed by atoms with Crippen molar-refractivity contribution >= 4 is 10.3 Å². The molecule has 34 heavy (non-hydrogen) atoms. The summed E-state index contributed by atoms with van der Waals surface area (Å²) in [6.07, 6.45) is -10.7. The van der Waals surface area contributed by atoms with E-state index in [-0.39, 0.29) is 51.4 Å². The van der Waals surface area contributed by atoms with Gasteiger partial charge in [0.2, 0.25) is 0 Å². The van der Waals surface area contributed by atoms with Gasteiger partial charge in [-0.15, -0.1) is 0 Å². The Morgan fingerprint density at radius 3 is 1.00 bits per heavy atom. The molecule has 24 heteroatoms. The van der Waals surface area contributed by atoms with E-state index < -0.39 is 71.0 Å². The Bertz CT molecular complexity index is 774. The first kappa shape index (κ1) is 38.8. The van der Waals surface area contributed by atoms with Crippen molar-refractivity contribution in [1.29, 1.82) is 0 Å². The Morgan fingerprint density at radius 1 is 0.588 bits per heavy atom. The molecule has 0 aromatic heterocycles. The molecule has 0 spiro atoms. The van der Waals surface area contributed by atoms with Crippen LogP contribution in [-0.4, -0.2) is 65.7 Å². The van der Waals surface area contributed by atoms with E-state index in [9.17, 15) is 74.6 Å². The van der Waals surface area contributed by atoms with Gasteiger partial charge in [0.05, 0.1) is 0 Å². The van der Waals surface area contributed by atoms with E-state index in [1.165, 1.54) is 0 Å². The maximum absolute atomic E-state index is 13.1. The minimum atomic E-state index is -8.63. The zero-order valence-corrected chi connectivity index (χ0v) is 19.3. The van der Waals surface area contributed by atoms with Crippen LogP contribution in [0.15, 0.2) is 0 Å². The van der Waals surface area contributed by atoms with Crippen molar-refractivity contribution in [3.63, 3.8) is 0 Å². The topological polar surface area (TPSA) is 98.4 Å². The number of hydrogen-bond acceptors (Lipinski definition) is 3. The fourth-order valence-electron chi connectivity index (χ4n) is 1.44. The van der Waals surface area contributed by atoms with Gasteiger partial charge in [-0.3, -0.25) is 4.55 Å². The predicted octanol–water partition coefficient (Wildman–Crippen LogP) is 2.77. The molecule has 0 unspecified atom stereocenters. The maximum Gasteiger partial charge on any atom is 1.00 e. The third kappa shape index (κ3) is 6.98. The molecular formula is C10H6F17KNO4S-. The van der Waals surface area contributed by atoms with Gasteiger partial charge in [0.25, 0.3) is 5.92 Å². The smallest absolute Gasteiger partial charge is 0.566 e. The SMILES string of the molecule is O[CH-]CC(F)(F)C(F)(F)C(F)(F)C(F)(F)C(F)(F)C(F)(F)C(F)(F)C(F)(F)F.[K+].[NH-]S(=O)(=O)O. The molecular weight excluding hydrogens is 592 g/mol. The molecule has 0 radical (unpaired) electrons. The summed E-state index contributed by atoms with van der Waals surface area (Å²) in [5.74, 6) is -56.5. The molecule has 0 fully saturated rings. The van der Waals surface area contributed by atoms with Gasteiger partial charge in [-0.2, -0.15) is 65.9 Å². The third-order valence-corrected chi connectivity index (χ3v) is 3.13. The number of alkyl halides is 17. The van der Waals surface area contributed by atoms with Crippen molar-refractivity contribution in [2.45, 2.75) is 54.1 Å². The van der Waals surface area contributed by atoms with Gasteiger partial charge in [-0.25, -0.2) is 23.8 Å². The Morgan fingerprint density at radius 2 is 0.794 bits per heavy atom. The Labute approximate surface area is 219 Å². The second-order valence-electron chi connectivity index (χ2n) is 5.51. The number of halogens is 17. The molecule has 0 bridgehead atoms. The van der Waals surface area contributed by atoms with Gasteiger partial charge in [0, 0.05) is 0 Å². The fourth-order valence-corrected chi connectivity index (χ4v) is 1.44. The average Bonchev–Trinajstić information content (AvgIpc) is 2.50. The molecule has 0 aliphatic carbocycles. The van der Waals surface area contributed by atoms with Crippen molar-refractivity contribution in [3.05, 3.63) is 11.7 Å². The first-order valence-corrected chi connectivity index (χ1v) is 8.14. The molecule has 0 saturated carbocycles. The second-order valence-corrected chi connectivity index (χ2v) is 6.46. The second kappa shape index (κ2) is 10.9. The van der Waals surface area contributed by atoms with Crippen molar-refractivity contribution < 1.29 is 144 Å². The summed E-state index contributed by atoms with van der Waals surface area (Å²) >= 11 is 0. The first-order valence-electron chi connectivity index (χ1n) is 6.70. The van der Waals surface area contributed by atoms with E-state index in [0.29, 0.717) is 0 Å². The van der Waals surface area contributed by atoms with Crippen LogP contribution in [0.4, 0.5) is 74.6 Å². The van der Waals surface area contributed by atoms with Crippen LogP contribution < -0.4 is 51.4 Å². The minimum Gasteiger partial charge on any atom is -0.566 e. The Hall–Kier alpha value is 0.276. The van der Waals surface area contributed by atoms with Gasteiger partial charge in [0.15, 0.2) is 10.3 Å². The van der Waals surface area contributed by atoms with Crippen molar-refractivity contribution in [3.8, 4) is 0 Å². The summed E-state index contributed by atoms with van der Waals surface area (Å²) in [6, 6.07) is 0. The first-order chi connectivity index (χ1) is 13.8. The fraction of sp³-hybridized carbons (Fsp3) is 0.900. The average molecular weight is 598 g/mol. The molecule has 0 heterocycles. The van der Waals surface area contributed by atoms with Crippen LogP contribution in [0.25, 0.3) is 5.14 Å². The number of nitrogens with one attached hydrogen (secondary N) is 1. The van der Waals surface area contributed by atoms with Crippen LogP contribution in [0.2, 0.25) is 0 Å². The van der Waals surface area contributed by atoms with Crippen molar-refractivity contribution in [1.82, 2.24) is 0 Å². The summed E-state index contributed by atoms with van der Waals surface area (Å²) in [4.78, 5) is 0. The molecule has 0 rings (SSSR count). The number of rotatable bonds is 8. The van der Waals surface area contributed by atoms with Crippen molar-refractivity contribution in [2.24, 2.45) is 0 Å². The molecule has 0 aromatic carbocycles. The van der Waals surface area contributed by atoms with E-state index in [1.807, 2.05) is 0 Å². The van der Waals surface area contributed by atoms with Crippen molar-refractivity contribution in [2.75, 3.05) is 0 Å². The molecule has 0 saturated heterocycles. The van der Waals surface area contributed by atoms with Crippen LogP contribution in [0.3, 0.4) is 0 Å². The predicted molar refractivity (Wildman–Crippen MR) is 67.4 cm³/mol. The van der Waals surface area contributed by atoms with Gasteiger partial charge >= 0.3 is 93.1 Å². The van der Waals surface area contributed by atoms with Gasteiger partial charge < -0.3 is 10.2 Å². The zero-order chi connectivity index (χ0) is 27.9. The summed E-state index contributed by atoms with van der Waals surface area (Å²) in [5.41, 5.74) is 0. The zero-order valence-electron chi connectivity index (χ0n) is 15.3. The van der Waals surface area contributed by atoms with E-state index in [2.05, 4.69) is 0 Å². The Balaban J connectivity index is -0.00000144. The maximum atomic E-state index is 13.1. The largest absolute Gasteiger partial charge is 1.00 e.